The van der Waals surface area contributed by atoms with Gasteiger partial charge in [-0.1, -0.05) is 6.07 Å². The monoisotopic (exact) mass is 234 g/mol. The molecule has 0 N–H and O–H groups in total. The van der Waals surface area contributed by atoms with Crippen LogP contribution in [0, 0.1) is 5.92 Å². The minimum atomic E-state index is -1.11. The van der Waals surface area contributed by atoms with Gasteiger partial charge in [0.2, 0.25) is 0 Å². The topological polar surface area (TPSA) is 79.3 Å². The Hall–Kier alpha value is -1.91. The Morgan fingerprint density at radius 2 is 2.29 bits per heavy atom. The fourth-order valence-electron chi connectivity index (χ4n) is 2.12. The smallest absolute Gasteiger partial charge is 0.303 e. The van der Waals surface area contributed by atoms with Crippen molar-refractivity contribution in [1.29, 1.82) is 0 Å². The van der Waals surface area contributed by atoms with E-state index in [9.17, 15) is 14.7 Å². The van der Waals surface area contributed by atoms with E-state index in [1.807, 2.05) is 0 Å². The van der Waals surface area contributed by atoms with Crippen molar-refractivity contribution in [2.75, 3.05) is 0 Å². The van der Waals surface area contributed by atoms with Gasteiger partial charge in [-0.2, -0.15) is 0 Å². The summed E-state index contributed by atoms with van der Waals surface area (Å²) >= 11 is 0. The summed E-state index contributed by atoms with van der Waals surface area (Å²) in [6, 6.07) is 3.54. The van der Waals surface area contributed by atoms with Crippen LogP contribution in [0.25, 0.3) is 0 Å². The van der Waals surface area contributed by atoms with E-state index in [4.69, 9.17) is 4.74 Å². The minimum Gasteiger partial charge on any atom is -0.550 e. The van der Waals surface area contributed by atoms with Crippen molar-refractivity contribution in [3.05, 3.63) is 29.6 Å². The number of rotatable bonds is 2. The Kier molecular flexibility index (Phi) is 3.08. The van der Waals surface area contributed by atoms with Crippen LogP contribution in [-0.2, 0) is 20.7 Å². The van der Waals surface area contributed by atoms with Gasteiger partial charge in [0.1, 0.15) is 6.10 Å². The molecule has 0 spiro atoms. The highest BCUT2D eigenvalue weighted by Crippen LogP contribution is 2.34. The number of aromatic nitrogens is 1. The second kappa shape index (κ2) is 4.53. The third kappa shape index (κ3) is 2.43. The molecule has 0 saturated carbocycles. The zero-order valence-electron chi connectivity index (χ0n) is 9.38. The molecule has 0 radical (unpaired) electrons. The van der Waals surface area contributed by atoms with Crippen LogP contribution in [0.1, 0.15) is 30.7 Å². The Morgan fingerprint density at radius 1 is 1.53 bits per heavy atom. The van der Waals surface area contributed by atoms with E-state index in [0.29, 0.717) is 12.1 Å². The van der Waals surface area contributed by atoms with Crippen molar-refractivity contribution >= 4 is 11.9 Å². The lowest BCUT2D eigenvalue weighted by molar-refractivity contribution is -0.312. The van der Waals surface area contributed by atoms with Crippen LogP contribution in [-0.4, -0.2) is 16.9 Å². The normalized spacial score (nSPS) is 22.6. The van der Waals surface area contributed by atoms with Crippen molar-refractivity contribution in [1.82, 2.24) is 4.98 Å². The van der Waals surface area contributed by atoms with E-state index < -0.39 is 24.0 Å². The summed E-state index contributed by atoms with van der Waals surface area (Å²) in [6.07, 6.45) is 1.63. The van der Waals surface area contributed by atoms with Gasteiger partial charge in [-0.25, -0.2) is 0 Å². The Balaban J connectivity index is 2.32. The first-order chi connectivity index (χ1) is 8.08. The van der Waals surface area contributed by atoms with Crippen molar-refractivity contribution < 1.29 is 19.4 Å². The average Bonchev–Trinajstić information content (AvgIpc) is 2.28. The number of carboxylic acids is 1. The molecule has 5 nitrogen and oxygen atoms in total. The quantitative estimate of drug-likeness (QED) is 0.673. The number of carbonyl (C=O) groups is 2. The first kappa shape index (κ1) is 11.6. The summed E-state index contributed by atoms with van der Waals surface area (Å²) < 4.78 is 5.11. The first-order valence-corrected chi connectivity index (χ1v) is 5.39. The van der Waals surface area contributed by atoms with Crippen LogP contribution >= 0.6 is 0 Å². The predicted molar refractivity (Wildman–Crippen MR) is 55.6 cm³/mol. The summed E-state index contributed by atoms with van der Waals surface area (Å²) in [4.78, 5) is 26.1. The van der Waals surface area contributed by atoms with Crippen LogP contribution in [0.4, 0.5) is 0 Å². The number of ether oxygens (including phenoxy) is 1. The van der Waals surface area contributed by atoms with Crippen molar-refractivity contribution in [3.8, 4) is 0 Å². The molecule has 1 aromatic rings. The molecule has 1 aliphatic carbocycles. The molecule has 90 valence electrons. The van der Waals surface area contributed by atoms with E-state index in [0.717, 1.165) is 5.56 Å². The van der Waals surface area contributed by atoms with Crippen molar-refractivity contribution in [3.63, 3.8) is 0 Å². The molecule has 0 aromatic carbocycles. The van der Waals surface area contributed by atoms with Crippen molar-refractivity contribution in [2.24, 2.45) is 5.92 Å². The zero-order chi connectivity index (χ0) is 12.4. The number of fused-ring (bicyclic) bond motifs is 1. The molecule has 17 heavy (non-hydrogen) atoms. The van der Waals surface area contributed by atoms with Gasteiger partial charge in [0, 0.05) is 25.0 Å². The largest absolute Gasteiger partial charge is 0.550 e. The minimum absolute atomic E-state index is 0.228. The van der Waals surface area contributed by atoms with Crippen molar-refractivity contribution in [2.45, 2.75) is 25.9 Å². The molecule has 0 saturated heterocycles. The van der Waals surface area contributed by atoms with Gasteiger partial charge in [-0.15, -0.1) is 0 Å². The predicted octanol–water partition coefficient (Wildman–Crippen LogP) is -0.00190. The van der Waals surface area contributed by atoms with E-state index in [-0.39, 0.29) is 6.42 Å². The molecule has 2 unspecified atom stereocenters. The van der Waals surface area contributed by atoms with Gasteiger partial charge in [0.15, 0.2) is 0 Å². The van der Waals surface area contributed by atoms with E-state index in [1.165, 1.54) is 6.92 Å². The van der Waals surface area contributed by atoms with Crippen LogP contribution in [0.5, 0.6) is 0 Å². The third-order valence-electron chi connectivity index (χ3n) is 2.84. The SMILES string of the molecule is CC(=O)OC1CC(C(=O)[O-])Cc2cccnc21. The number of hydrogen-bond acceptors (Lipinski definition) is 5. The van der Waals surface area contributed by atoms with E-state index in [2.05, 4.69) is 4.98 Å². The highest BCUT2D eigenvalue weighted by molar-refractivity contribution is 5.69. The molecule has 1 aromatic heterocycles. The molecule has 0 fully saturated rings. The van der Waals surface area contributed by atoms with E-state index in [1.54, 1.807) is 18.3 Å². The lowest BCUT2D eigenvalue weighted by Gasteiger charge is -2.30. The molecule has 1 heterocycles. The van der Waals surface area contributed by atoms with Gasteiger partial charge < -0.3 is 14.6 Å². The van der Waals surface area contributed by atoms with Crippen LogP contribution in [0.2, 0.25) is 0 Å². The molecular weight excluding hydrogens is 222 g/mol. The number of nitrogens with zero attached hydrogens (tertiary/aromatic N) is 1. The molecular formula is C12H12NO4-. The fraction of sp³-hybridized carbons (Fsp3) is 0.417. The molecule has 0 bridgehead atoms. The Labute approximate surface area is 98.4 Å². The molecule has 2 rings (SSSR count). The zero-order valence-corrected chi connectivity index (χ0v) is 9.38. The van der Waals surface area contributed by atoms with Crippen LogP contribution in [0.15, 0.2) is 18.3 Å². The number of pyridine rings is 1. The third-order valence-corrected chi connectivity index (χ3v) is 2.84. The summed E-state index contributed by atoms with van der Waals surface area (Å²) in [5, 5.41) is 10.9. The maximum absolute atomic E-state index is 11.0. The van der Waals surface area contributed by atoms with Crippen LogP contribution in [0.3, 0.4) is 0 Å². The second-order valence-corrected chi connectivity index (χ2v) is 4.10. The number of hydrogen-bond donors (Lipinski definition) is 0. The van der Waals surface area contributed by atoms with E-state index >= 15 is 0 Å². The summed E-state index contributed by atoms with van der Waals surface area (Å²) in [7, 11) is 0. The van der Waals surface area contributed by atoms with Crippen LogP contribution < -0.4 is 5.11 Å². The second-order valence-electron chi connectivity index (χ2n) is 4.10. The molecule has 0 aliphatic heterocycles. The molecule has 0 amide bonds. The summed E-state index contributed by atoms with van der Waals surface area (Å²) in [5.41, 5.74) is 1.46. The van der Waals surface area contributed by atoms with Gasteiger partial charge >= 0.3 is 5.97 Å². The fourth-order valence-corrected chi connectivity index (χ4v) is 2.12. The number of carboxylic acid groups (broad SMARTS) is 1. The Bertz CT molecular complexity index is 458. The highest BCUT2D eigenvalue weighted by Gasteiger charge is 2.30. The number of carbonyl (C=O) groups excluding carboxylic acids is 2. The molecule has 5 heteroatoms. The standard InChI is InChI=1S/C12H13NO4/c1-7(14)17-10-6-9(12(15)16)5-8-3-2-4-13-11(8)10/h2-4,9-10H,5-6H2,1H3,(H,15,16)/p-1. The van der Waals surface area contributed by atoms with Gasteiger partial charge in [0.05, 0.1) is 5.69 Å². The Morgan fingerprint density at radius 3 is 2.94 bits per heavy atom. The average molecular weight is 234 g/mol. The number of esters is 1. The molecule has 2 atom stereocenters. The van der Waals surface area contributed by atoms with Gasteiger partial charge in [0.25, 0.3) is 0 Å². The maximum atomic E-state index is 11.0. The highest BCUT2D eigenvalue weighted by atomic mass is 16.5. The lowest BCUT2D eigenvalue weighted by Crippen LogP contribution is -2.37. The molecule has 1 aliphatic rings. The number of aliphatic carboxylic acids is 1. The van der Waals surface area contributed by atoms with Gasteiger partial charge in [-0.05, 0) is 24.5 Å². The lowest BCUT2D eigenvalue weighted by atomic mass is 9.85. The van der Waals surface area contributed by atoms with Gasteiger partial charge in [-0.3, -0.25) is 9.78 Å². The summed E-state index contributed by atoms with van der Waals surface area (Å²) in [5.74, 6) is -2.18. The first-order valence-electron chi connectivity index (χ1n) is 5.39. The summed E-state index contributed by atoms with van der Waals surface area (Å²) in [6.45, 7) is 1.30. The maximum Gasteiger partial charge on any atom is 0.303 e.